The van der Waals surface area contributed by atoms with Gasteiger partial charge in [0.2, 0.25) is 0 Å². The highest BCUT2D eigenvalue weighted by Gasteiger charge is 2.25. The van der Waals surface area contributed by atoms with Crippen LogP contribution in [0, 0.1) is 0 Å². The Balaban J connectivity index is 0.00000341. The molecular formula is C21H32IN5O4. The highest BCUT2D eigenvalue weighted by molar-refractivity contribution is 14.0. The third-order valence-corrected chi connectivity index (χ3v) is 4.97. The van der Waals surface area contributed by atoms with Gasteiger partial charge in [-0.3, -0.25) is 9.67 Å². The summed E-state index contributed by atoms with van der Waals surface area (Å²) in [6, 6.07) is 4.04. The van der Waals surface area contributed by atoms with Gasteiger partial charge in [0.05, 0.1) is 43.8 Å². The standard InChI is InChI=1S/C21H31N5O4.HI/c1-3-29-20(27)17-14-24-26(15-17)18-6-4-11-25(16-18)21(23-10-13-28-2)22-9-8-19-7-5-12-30-19;/h5,7,12,14-15,18H,3-4,6,8-11,13,16H2,1-2H3,(H,22,23);1H. The molecule has 0 spiro atoms. The second-order valence-electron chi connectivity index (χ2n) is 7.13. The Morgan fingerprint density at radius 2 is 2.32 bits per heavy atom. The molecule has 2 aromatic rings. The van der Waals surface area contributed by atoms with Crippen molar-refractivity contribution in [3.63, 3.8) is 0 Å². The van der Waals surface area contributed by atoms with E-state index >= 15 is 0 Å². The molecule has 3 heterocycles. The van der Waals surface area contributed by atoms with Gasteiger partial charge in [-0.1, -0.05) is 0 Å². The van der Waals surface area contributed by atoms with Crippen LogP contribution in [-0.4, -0.2) is 73.1 Å². The molecule has 9 nitrogen and oxygen atoms in total. The maximum atomic E-state index is 11.9. The molecule has 1 atom stereocenters. The summed E-state index contributed by atoms with van der Waals surface area (Å²) in [7, 11) is 1.68. The third kappa shape index (κ3) is 7.53. The summed E-state index contributed by atoms with van der Waals surface area (Å²) in [6.45, 7) is 5.73. The molecule has 0 bridgehead atoms. The SMILES string of the molecule is CCOC(=O)c1cnn(C2CCCN(C(=NCCOC)NCCc3ccco3)C2)c1.I. The molecule has 0 aliphatic carbocycles. The Morgan fingerprint density at radius 3 is 3.06 bits per heavy atom. The van der Waals surface area contributed by atoms with Crippen LogP contribution in [0.25, 0.3) is 0 Å². The monoisotopic (exact) mass is 545 g/mol. The van der Waals surface area contributed by atoms with E-state index in [0.717, 1.165) is 50.6 Å². The van der Waals surface area contributed by atoms with Gasteiger partial charge in [-0.15, -0.1) is 24.0 Å². The van der Waals surface area contributed by atoms with Gasteiger partial charge in [-0.2, -0.15) is 5.10 Å². The molecule has 0 radical (unpaired) electrons. The Labute approximate surface area is 200 Å². The van der Waals surface area contributed by atoms with Crippen LogP contribution in [0.5, 0.6) is 0 Å². The van der Waals surface area contributed by atoms with Crippen molar-refractivity contribution in [3.8, 4) is 0 Å². The minimum Gasteiger partial charge on any atom is -0.469 e. The average Bonchev–Trinajstić information content (AvgIpc) is 3.45. The summed E-state index contributed by atoms with van der Waals surface area (Å²) in [5, 5.41) is 7.86. The number of nitrogens with one attached hydrogen (secondary N) is 1. The highest BCUT2D eigenvalue weighted by atomic mass is 127. The van der Waals surface area contributed by atoms with E-state index in [1.807, 2.05) is 16.8 Å². The lowest BCUT2D eigenvalue weighted by Gasteiger charge is -2.35. The van der Waals surface area contributed by atoms with E-state index in [4.69, 9.17) is 18.9 Å². The summed E-state index contributed by atoms with van der Waals surface area (Å²) >= 11 is 0. The van der Waals surface area contributed by atoms with Crippen LogP contribution in [-0.2, 0) is 15.9 Å². The average molecular weight is 545 g/mol. The maximum absolute atomic E-state index is 11.9. The number of piperidine rings is 1. The number of nitrogens with zero attached hydrogens (tertiary/aromatic N) is 4. The van der Waals surface area contributed by atoms with E-state index in [1.54, 1.807) is 32.7 Å². The van der Waals surface area contributed by atoms with Gasteiger partial charge < -0.3 is 24.1 Å². The maximum Gasteiger partial charge on any atom is 0.341 e. The first-order valence-electron chi connectivity index (χ1n) is 10.5. The first kappa shape index (κ1) is 25.2. The van der Waals surface area contributed by atoms with Crippen LogP contribution >= 0.6 is 24.0 Å². The number of rotatable bonds is 9. The number of carbonyl (C=O) groups is 1. The van der Waals surface area contributed by atoms with Gasteiger partial charge in [0.15, 0.2) is 5.96 Å². The fourth-order valence-electron chi connectivity index (χ4n) is 3.48. The number of ether oxygens (including phenoxy) is 2. The van der Waals surface area contributed by atoms with Crippen molar-refractivity contribution < 1.29 is 18.7 Å². The predicted molar refractivity (Wildman–Crippen MR) is 128 cm³/mol. The topological polar surface area (TPSA) is 94.1 Å². The molecule has 31 heavy (non-hydrogen) atoms. The number of aromatic nitrogens is 2. The Morgan fingerprint density at radius 1 is 1.45 bits per heavy atom. The number of furan rings is 1. The summed E-state index contributed by atoms with van der Waals surface area (Å²) in [5.41, 5.74) is 0.486. The van der Waals surface area contributed by atoms with E-state index in [-0.39, 0.29) is 36.0 Å². The van der Waals surface area contributed by atoms with Crippen molar-refractivity contribution >= 4 is 35.9 Å². The number of esters is 1. The van der Waals surface area contributed by atoms with Crippen LogP contribution in [0.3, 0.4) is 0 Å². The summed E-state index contributed by atoms with van der Waals surface area (Å²) in [5.74, 6) is 1.47. The number of carbonyl (C=O) groups excluding carboxylic acids is 1. The molecule has 10 heteroatoms. The van der Waals surface area contributed by atoms with Crippen molar-refractivity contribution in [2.24, 2.45) is 4.99 Å². The number of methoxy groups -OCH3 is 1. The number of hydrogen-bond acceptors (Lipinski definition) is 6. The summed E-state index contributed by atoms with van der Waals surface area (Å²) in [4.78, 5) is 18.9. The molecule has 1 unspecified atom stereocenters. The quantitative estimate of drug-likeness (QED) is 0.170. The number of likely N-dealkylation sites (tertiary alicyclic amines) is 1. The minimum atomic E-state index is -0.335. The van der Waals surface area contributed by atoms with E-state index in [0.29, 0.717) is 25.3 Å². The van der Waals surface area contributed by atoms with Crippen LogP contribution in [0.1, 0.15) is 41.9 Å². The lowest BCUT2D eigenvalue weighted by atomic mass is 10.1. The lowest BCUT2D eigenvalue weighted by molar-refractivity contribution is 0.0526. The molecule has 0 aromatic carbocycles. The summed E-state index contributed by atoms with van der Waals surface area (Å²) in [6.07, 6.45) is 7.84. The smallest absolute Gasteiger partial charge is 0.341 e. The Kier molecular flexibility index (Phi) is 10.9. The summed E-state index contributed by atoms with van der Waals surface area (Å²) < 4.78 is 17.5. The molecule has 1 aliphatic rings. The van der Waals surface area contributed by atoms with E-state index in [1.165, 1.54) is 0 Å². The van der Waals surface area contributed by atoms with Gasteiger partial charge in [0.1, 0.15) is 5.76 Å². The normalized spacial score (nSPS) is 16.6. The van der Waals surface area contributed by atoms with E-state index < -0.39 is 0 Å². The molecule has 3 rings (SSSR count). The molecule has 2 aromatic heterocycles. The largest absolute Gasteiger partial charge is 0.469 e. The molecule has 172 valence electrons. The predicted octanol–water partition coefficient (Wildman–Crippen LogP) is 2.74. The molecular weight excluding hydrogens is 513 g/mol. The molecule has 1 fully saturated rings. The van der Waals surface area contributed by atoms with Crippen LogP contribution in [0.4, 0.5) is 0 Å². The van der Waals surface area contributed by atoms with Crippen molar-refractivity contribution in [1.29, 1.82) is 0 Å². The molecule has 1 N–H and O–H groups in total. The second kappa shape index (κ2) is 13.4. The lowest BCUT2D eigenvalue weighted by Crippen LogP contribution is -2.47. The molecule has 0 saturated carbocycles. The van der Waals surface area contributed by atoms with Crippen molar-refractivity contribution in [1.82, 2.24) is 20.0 Å². The first-order chi connectivity index (χ1) is 14.7. The van der Waals surface area contributed by atoms with Crippen molar-refractivity contribution in [2.75, 3.05) is 46.5 Å². The molecule has 1 aliphatic heterocycles. The number of hydrogen-bond donors (Lipinski definition) is 1. The van der Waals surface area contributed by atoms with Gasteiger partial charge in [-0.25, -0.2) is 4.79 Å². The van der Waals surface area contributed by atoms with Crippen LogP contribution < -0.4 is 5.32 Å². The van der Waals surface area contributed by atoms with E-state index in [9.17, 15) is 4.79 Å². The zero-order chi connectivity index (χ0) is 21.2. The van der Waals surface area contributed by atoms with Gasteiger partial charge in [-0.05, 0) is 31.9 Å². The fraction of sp³-hybridized carbons (Fsp3) is 0.571. The number of aliphatic imine (C=N–C) groups is 1. The molecule has 0 amide bonds. The zero-order valence-electron chi connectivity index (χ0n) is 18.2. The molecule has 1 saturated heterocycles. The second-order valence-corrected chi connectivity index (χ2v) is 7.13. The third-order valence-electron chi connectivity index (χ3n) is 4.97. The number of halogens is 1. The van der Waals surface area contributed by atoms with Crippen molar-refractivity contribution in [2.45, 2.75) is 32.2 Å². The van der Waals surface area contributed by atoms with Crippen LogP contribution in [0.2, 0.25) is 0 Å². The minimum absolute atomic E-state index is 0. The van der Waals surface area contributed by atoms with E-state index in [2.05, 4.69) is 15.3 Å². The first-order valence-corrected chi connectivity index (χ1v) is 10.5. The van der Waals surface area contributed by atoms with Gasteiger partial charge in [0.25, 0.3) is 0 Å². The number of guanidine groups is 1. The van der Waals surface area contributed by atoms with Gasteiger partial charge in [0, 0.05) is 39.4 Å². The van der Waals surface area contributed by atoms with Crippen LogP contribution in [0.15, 0.2) is 40.2 Å². The zero-order valence-corrected chi connectivity index (χ0v) is 20.5. The Hall–Kier alpha value is -2.08. The van der Waals surface area contributed by atoms with Crippen molar-refractivity contribution in [3.05, 3.63) is 42.1 Å². The Bertz CT molecular complexity index is 809. The fourth-order valence-corrected chi connectivity index (χ4v) is 3.48. The highest BCUT2D eigenvalue weighted by Crippen LogP contribution is 2.21. The van der Waals surface area contributed by atoms with Gasteiger partial charge >= 0.3 is 5.97 Å².